The molecule has 0 saturated heterocycles. The van der Waals surface area contributed by atoms with Gasteiger partial charge in [-0.25, -0.2) is 0 Å². The van der Waals surface area contributed by atoms with E-state index in [9.17, 15) is 0 Å². The second kappa shape index (κ2) is 8.63. The molecule has 1 atom stereocenters. The SMILES string of the molecule is CC(CNCCO)Oc1ccc(Oc2ccc(Cl)cc2)cc1. The molecule has 2 aromatic carbocycles. The van der Waals surface area contributed by atoms with Gasteiger partial charge >= 0.3 is 0 Å². The van der Waals surface area contributed by atoms with Crippen molar-refractivity contribution >= 4 is 11.6 Å². The molecule has 0 aliphatic heterocycles. The molecule has 118 valence electrons. The molecule has 22 heavy (non-hydrogen) atoms. The van der Waals surface area contributed by atoms with Gasteiger partial charge in [-0.3, -0.25) is 0 Å². The number of aliphatic hydroxyl groups is 1. The average molecular weight is 322 g/mol. The number of nitrogens with one attached hydrogen (secondary N) is 1. The number of hydrogen-bond acceptors (Lipinski definition) is 4. The maximum absolute atomic E-state index is 8.71. The highest BCUT2D eigenvalue weighted by Gasteiger charge is 2.04. The number of ether oxygens (including phenoxy) is 2. The van der Waals surface area contributed by atoms with Gasteiger partial charge in [-0.15, -0.1) is 0 Å². The van der Waals surface area contributed by atoms with Gasteiger partial charge in [0.05, 0.1) is 6.61 Å². The summed E-state index contributed by atoms with van der Waals surface area (Å²) in [5.41, 5.74) is 0. The minimum Gasteiger partial charge on any atom is -0.489 e. The number of hydrogen-bond donors (Lipinski definition) is 2. The van der Waals surface area contributed by atoms with E-state index in [2.05, 4.69) is 5.32 Å². The van der Waals surface area contributed by atoms with E-state index in [-0.39, 0.29) is 12.7 Å². The standard InChI is InChI=1S/C17H20ClNO3/c1-13(12-19-10-11-20)21-15-6-8-17(9-7-15)22-16-4-2-14(18)3-5-16/h2-9,13,19-20H,10-12H2,1H3. The minimum absolute atomic E-state index is 0.0228. The van der Waals surface area contributed by atoms with Crippen LogP contribution in [0.1, 0.15) is 6.92 Å². The van der Waals surface area contributed by atoms with E-state index in [1.54, 1.807) is 12.1 Å². The van der Waals surface area contributed by atoms with Crippen LogP contribution in [0, 0.1) is 0 Å². The topological polar surface area (TPSA) is 50.7 Å². The predicted octanol–water partition coefficient (Wildman–Crippen LogP) is 3.48. The lowest BCUT2D eigenvalue weighted by Crippen LogP contribution is -2.30. The molecule has 5 heteroatoms. The van der Waals surface area contributed by atoms with Crippen LogP contribution >= 0.6 is 11.6 Å². The van der Waals surface area contributed by atoms with Crippen molar-refractivity contribution in [3.8, 4) is 17.2 Å². The van der Waals surface area contributed by atoms with Crippen LogP contribution in [0.2, 0.25) is 5.02 Å². The third kappa shape index (κ3) is 5.56. The van der Waals surface area contributed by atoms with Crippen LogP contribution < -0.4 is 14.8 Å². The van der Waals surface area contributed by atoms with E-state index in [1.807, 2.05) is 43.3 Å². The summed E-state index contributed by atoms with van der Waals surface area (Å²) in [6.07, 6.45) is 0.0228. The van der Waals surface area contributed by atoms with Crippen molar-refractivity contribution in [2.75, 3.05) is 19.7 Å². The van der Waals surface area contributed by atoms with Crippen molar-refractivity contribution in [3.05, 3.63) is 53.6 Å². The monoisotopic (exact) mass is 321 g/mol. The largest absolute Gasteiger partial charge is 0.489 e. The molecule has 0 fully saturated rings. The highest BCUT2D eigenvalue weighted by atomic mass is 35.5. The van der Waals surface area contributed by atoms with Gasteiger partial charge < -0.3 is 19.9 Å². The van der Waals surface area contributed by atoms with Gasteiger partial charge in [0.25, 0.3) is 0 Å². The van der Waals surface area contributed by atoms with E-state index in [0.717, 1.165) is 17.2 Å². The summed E-state index contributed by atoms with van der Waals surface area (Å²) in [5, 5.41) is 12.5. The average Bonchev–Trinajstić information content (AvgIpc) is 2.52. The molecule has 2 N–H and O–H groups in total. The summed E-state index contributed by atoms with van der Waals surface area (Å²) < 4.78 is 11.5. The van der Waals surface area contributed by atoms with Gasteiger partial charge in [0.1, 0.15) is 23.4 Å². The Kier molecular flexibility index (Phi) is 6.52. The molecule has 0 bridgehead atoms. The fourth-order valence-corrected chi connectivity index (χ4v) is 2.01. The van der Waals surface area contributed by atoms with E-state index in [0.29, 0.717) is 18.1 Å². The fraction of sp³-hybridized carbons (Fsp3) is 0.294. The summed E-state index contributed by atoms with van der Waals surface area (Å²) in [6.45, 7) is 3.36. The van der Waals surface area contributed by atoms with Gasteiger partial charge in [0.15, 0.2) is 0 Å². The quantitative estimate of drug-likeness (QED) is 0.731. The van der Waals surface area contributed by atoms with Gasteiger partial charge in [-0.1, -0.05) is 11.6 Å². The van der Waals surface area contributed by atoms with Crippen LogP contribution in [-0.2, 0) is 0 Å². The zero-order chi connectivity index (χ0) is 15.8. The van der Waals surface area contributed by atoms with Crippen LogP contribution in [-0.4, -0.2) is 30.9 Å². The summed E-state index contributed by atoms with van der Waals surface area (Å²) in [7, 11) is 0. The van der Waals surface area contributed by atoms with Gasteiger partial charge in [-0.2, -0.15) is 0 Å². The van der Waals surface area contributed by atoms with Crippen molar-refractivity contribution in [2.24, 2.45) is 0 Å². The lowest BCUT2D eigenvalue weighted by Gasteiger charge is -2.15. The molecule has 0 radical (unpaired) electrons. The number of benzene rings is 2. The Labute approximate surface area is 135 Å². The summed E-state index contributed by atoms with van der Waals surface area (Å²) in [4.78, 5) is 0. The first-order chi connectivity index (χ1) is 10.7. The molecular weight excluding hydrogens is 302 g/mol. The molecule has 2 aromatic rings. The van der Waals surface area contributed by atoms with Crippen LogP contribution in [0.25, 0.3) is 0 Å². The van der Waals surface area contributed by atoms with Crippen molar-refractivity contribution in [3.63, 3.8) is 0 Å². The Bertz CT molecular complexity index is 557. The first-order valence-electron chi connectivity index (χ1n) is 7.19. The summed E-state index contributed by atoms with van der Waals surface area (Å²) in [5.74, 6) is 2.25. The maximum atomic E-state index is 8.71. The molecule has 1 unspecified atom stereocenters. The Hall–Kier alpha value is -1.75. The zero-order valence-corrected chi connectivity index (χ0v) is 13.2. The highest BCUT2D eigenvalue weighted by Crippen LogP contribution is 2.25. The maximum Gasteiger partial charge on any atom is 0.127 e. The van der Waals surface area contributed by atoms with Crippen LogP contribution in [0.3, 0.4) is 0 Å². The molecule has 0 aromatic heterocycles. The molecule has 0 spiro atoms. The zero-order valence-electron chi connectivity index (χ0n) is 12.5. The minimum atomic E-state index is 0.0228. The lowest BCUT2D eigenvalue weighted by molar-refractivity contribution is 0.210. The first kappa shape index (κ1) is 16.6. The molecule has 0 aliphatic rings. The molecule has 4 nitrogen and oxygen atoms in total. The van der Waals surface area contributed by atoms with Crippen LogP contribution in [0.15, 0.2) is 48.5 Å². The number of rotatable bonds is 8. The van der Waals surface area contributed by atoms with Gasteiger partial charge in [-0.05, 0) is 55.5 Å². The van der Waals surface area contributed by atoms with Crippen molar-refractivity contribution in [2.45, 2.75) is 13.0 Å². The third-order valence-electron chi connectivity index (χ3n) is 2.93. The number of halogens is 1. The normalized spacial score (nSPS) is 12.0. The van der Waals surface area contributed by atoms with Crippen LogP contribution in [0.4, 0.5) is 0 Å². The second-order valence-corrected chi connectivity index (χ2v) is 5.32. The summed E-state index contributed by atoms with van der Waals surface area (Å²) in [6, 6.07) is 14.7. The van der Waals surface area contributed by atoms with E-state index in [4.69, 9.17) is 26.2 Å². The molecule has 0 aliphatic carbocycles. The van der Waals surface area contributed by atoms with Crippen molar-refractivity contribution in [1.29, 1.82) is 0 Å². The smallest absolute Gasteiger partial charge is 0.127 e. The lowest BCUT2D eigenvalue weighted by atomic mass is 10.3. The van der Waals surface area contributed by atoms with Crippen molar-refractivity contribution in [1.82, 2.24) is 5.32 Å². The molecule has 0 amide bonds. The fourth-order valence-electron chi connectivity index (χ4n) is 1.88. The van der Waals surface area contributed by atoms with Gasteiger partial charge in [0.2, 0.25) is 0 Å². The molecule has 2 rings (SSSR count). The highest BCUT2D eigenvalue weighted by molar-refractivity contribution is 6.30. The Morgan fingerprint density at radius 1 is 1.00 bits per heavy atom. The third-order valence-corrected chi connectivity index (χ3v) is 3.18. The van der Waals surface area contributed by atoms with E-state index in [1.165, 1.54) is 0 Å². The van der Waals surface area contributed by atoms with Crippen molar-refractivity contribution < 1.29 is 14.6 Å². The van der Waals surface area contributed by atoms with E-state index < -0.39 is 0 Å². The Morgan fingerprint density at radius 2 is 1.55 bits per heavy atom. The Balaban J connectivity index is 1.85. The summed E-state index contributed by atoms with van der Waals surface area (Å²) >= 11 is 5.84. The molecular formula is C17H20ClNO3. The van der Waals surface area contributed by atoms with E-state index >= 15 is 0 Å². The Morgan fingerprint density at radius 3 is 2.14 bits per heavy atom. The second-order valence-electron chi connectivity index (χ2n) is 4.88. The van der Waals surface area contributed by atoms with Gasteiger partial charge in [0, 0.05) is 18.1 Å². The molecule has 0 heterocycles. The first-order valence-corrected chi connectivity index (χ1v) is 7.57. The molecule has 0 saturated carbocycles. The predicted molar refractivity (Wildman–Crippen MR) is 88.0 cm³/mol. The van der Waals surface area contributed by atoms with Crippen LogP contribution in [0.5, 0.6) is 17.2 Å². The number of aliphatic hydroxyl groups excluding tert-OH is 1.